The summed E-state index contributed by atoms with van der Waals surface area (Å²) in [5.41, 5.74) is 8.33. The van der Waals surface area contributed by atoms with Crippen molar-refractivity contribution >= 4 is 23.8 Å². The predicted octanol–water partition coefficient (Wildman–Crippen LogP) is 12.4. The second-order valence-corrected chi connectivity index (χ2v) is 30.3. The van der Waals surface area contributed by atoms with E-state index in [-0.39, 0.29) is 95.6 Å². The summed E-state index contributed by atoms with van der Waals surface area (Å²) >= 11 is 0. The number of rotatable bonds is 13. The van der Waals surface area contributed by atoms with Crippen molar-refractivity contribution < 1.29 is 39.2 Å². The highest BCUT2D eigenvalue weighted by Crippen LogP contribution is 2.72. The maximum absolute atomic E-state index is 15.6. The van der Waals surface area contributed by atoms with Crippen molar-refractivity contribution in [3.63, 3.8) is 0 Å². The number of cyclic esters (lactones) is 1. The summed E-state index contributed by atoms with van der Waals surface area (Å²) in [5, 5.41) is 56.4. The third kappa shape index (κ3) is 12.1. The van der Waals surface area contributed by atoms with Gasteiger partial charge in [0.2, 0.25) is 0 Å². The molecule has 0 aromatic heterocycles. The van der Waals surface area contributed by atoms with Crippen LogP contribution in [-0.2, 0) is 49.8 Å². The van der Waals surface area contributed by atoms with Gasteiger partial charge in [-0.3, -0.25) is 0 Å². The molecule has 94 heavy (non-hydrogen) atoms. The fraction of sp³-hybridized carbons (Fsp3) is 0.543. The predicted molar refractivity (Wildman–Crippen MR) is 367 cm³/mol. The molecule has 13 heteroatoms. The van der Waals surface area contributed by atoms with Crippen LogP contribution in [0.1, 0.15) is 169 Å². The van der Waals surface area contributed by atoms with Crippen LogP contribution in [0.3, 0.4) is 0 Å². The fourth-order valence-corrected chi connectivity index (χ4v) is 20.1. The number of carbonyl (C=O) groups is 3. The normalized spacial score (nSPS) is 34.1. The molecule has 8 N–H and O–H groups in total. The van der Waals surface area contributed by atoms with Crippen LogP contribution in [0.2, 0.25) is 0 Å². The van der Waals surface area contributed by atoms with Crippen LogP contribution in [0.25, 0.3) is 16.7 Å². The lowest BCUT2D eigenvalue weighted by Gasteiger charge is -2.56. The molecule has 4 aromatic rings. The first kappa shape index (κ1) is 64.8. The minimum Gasteiger partial charge on any atom is -0.508 e. The standard InChI is InChI=1S/C81H99N5O8/c1-5-32-83-48-54-37-52-25-33-84-47-53-15-12-16-55(39-53)62-20-19-61(88)44-66(62)71-63-23-31-81(69(94-77(90)74(71)81)41-50(6-2)36-51-13-8-7-9-14-51)73-64(63)21-22-65-68(93-76(89)72(65)73)24-30-79(59-26-34-85-70(43-59)82-4)45-57-42-60(80(92)28-10-11-29-80)18-17-58(27-35-87)78(3,91)49-86-75(67(57)46-79)56(38-52)40-54/h7-9,12-16,19-20,24,35,37-41,44,50,57-60,63-64,67,70,73,75,82-86,88,91-92H,5-6,10-11,21-23,25-34,36,42-43,45-49H2,1-4H3/b68-24-,69-41-/t50-,57+,58+,59-,60+,63-,64+,67+,70+,73-,75-,78-,79+,81-/m1/s1. The van der Waals surface area contributed by atoms with E-state index in [0.717, 1.165) is 136 Å². The van der Waals surface area contributed by atoms with Gasteiger partial charge in [-0.05, 0) is 258 Å². The van der Waals surface area contributed by atoms with Gasteiger partial charge in [0.15, 0.2) is 0 Å². The van der Waals surface area contributed by atoms with Gasteiger partial charge in [-0.2, -0.15) is 0 Å². The van der Waals surface area contributed by atoms with E-state index in [9.17, 15) is 20.1 Å². The number of nitrogens with one attached hydrogen (secondary N) is 5. The van der Waals surface area contributed by atoms with Crippen LogP contribution in [0.15, 0.2) is 131 Å². The molecule has 6 heterocycles. The monoisotopic (exact) mass is 1270 g/mol. The van der Waals surface area contributed by atoms with Crippen LogP contribution < -0.4 is 26.6 Å². The Morgan fingerprint density at radius 1 is 0.809 bits per heavy atom. The number of fused-ring (bicyclic) bond motifs is 5. The average molecular weight is 1270 g/mol. The van der Waals surface area contributed by atoms with Gasteiger partial charge in [0, 0.05) is 55.1 Å². The van der Waals surface area contributed by atoms with Crippen LogP contribution >= 0.6 is 0 Å². The van der Waals surface area contributed by atoms with Crippen molar-refractivity contribution in [2.24, 2.45) is 64.1 Å². The number of aldehydes is 1. The zero-order valence-corrected chi connectivity index (χ0v) is 55.8. The third-order valence-electron chi connectivity index (χ3n) is 24.7. The molecule has 0 unspecified atom stereocenters. The van der Waals surface area contributed by atoms with E-state index in [1.165, 1.54) is 22.3 Å². The van der Waals surface area contributed by atoms with Gasteiger partial charge in [0.05, 0.1) is 34.3 Å². The Hall–Kier alpha value is -6.47. The Morgan fingerprint density at radius 2 is 1.66 bits per heavy atom. The maximum Gasteiger partial charge on any atom is 0.340 e. The van der Waals surface area contributed by atoms with E-state index < -0.39 is 22.5 Å². The molecule has 14 bridgehead atoms. The number of allylic oxidation sites excluding steroid dienone is 5. The van der Waals surface area contributed by atoms with E-state index in [0.29, 0.717) is 74.3 Å². The van der Waals surface area contributed by atoms with Crippen molar-refractivity contribution in [3.05, 3.63) is 165 Å². The highest BCUT2D eigenvalue weighted by molar-refractivity contribution is 6.07. The number of aliphatic hydroxyl groups is 2. The Balaban J connectivity index is 0.964. The van der Waals surface area contributed by atoms with Crippen molar-refractivity contribution in [2.45, 2.75) is 179 Å². The number of carbonyl (C=O) groups excluding carboxylic acids is 3. The minimum atomic E-state index is -1.38. The molecule has 3 saturated carbocycles. The molecule has 5 fully saturated rings. The number of β-amino-alcohol motifs (C(OH)–C–C–N with tert-alkyl or cyclic N) is 1. The number of aromatic hydroxyl groups is 1. The quantitative estimate of drug-likeness (QED) is 0.0273. The molecule has 14 atom stereocenters. The van der Waals surface area contributed by atoms with E-state index >= 15 is 9.59 Å². The summed E-state index contributed by atoms with van der Waals surface area (Å²) in [7, 11) is 2.05. The SMILES string of the molecule is CCCNCc1cc2cc(c1)[C@H]1NC[C@@](C)(O)[C@H](CC=O)C#C[C@H](C3(O)CCCC3)C[C@H]3C[C@@]([C@@H]4CCN[C@H](NC)C4)(C/C=C4\OC(=O)C5=C4CC[C@H]4[C@H]6CC[C@]7(C(=C6c6cc(O)ccc6-c6cccc(c6)CNCC2)C(=O)O/C7=C\[C@H](CC)Cc2ccccc2)[C@@H]54)C[C@@H]31. The molecule has 12 aliphatic rings. The highest BCUT2D eigenvalue weighted by atomic mass is 16.6. The number of phenols is 1. The largest absolute Gasteiger partial charge is 0.508 e. The number of piperidine rings is 1. The summed E-state index contributed by atoms with van der Waals surface area (Å²) in [6.07, 6.45) is 20.0. The molecular weight excluding hydrogens is 1170 g/mol. The number of phenolic OH excluding ortho intramolecular Hbond substituents is 1. The highest BCUT2D eigenvalue weighted by Gasteiger charge is 2.69. The zero-order chi connectivity index (χ0) is 64.9. The van der Waals surface area contributed by atoms with Gasteiger partial charge in [-0.1, -0.05) is 111 Å². The van der Waals surface area contributed by atoms with Crippen molar-refractivity contribution in [1.29, 1.82) is 0 Å². The number of benzene rings is 4. The molecule has 16 rings (SSSR count). The van der Waals surface area contributed by atoms with E-state index in [1.54, 1.807) is 6.07 Å². The first-order valence-electron chi connectivity index (χ1n) is 36.0. The second kappa shape index (κ2) is 26.9. The lowest BCUT2D eigenvalue weighted by molar-refractivity contribution is -0.135. The number of hydrogen-bond donors (Lipinski definition) is 8. The summed E-state index contributed by atoms with van der Waals surface area (Å²) in [6, 6.07) is 31.7. The zero-order valence-electron chi connectivity index (χ0n) is 55.8. The molecule has 0 radical (unpaired) electrons. The van der Waals surface area contributed by atoms with Gasteiger partial charge in [-0.15, -0.1) is 0 Å². The van der Waals surface area contributed by atoms with Crippen molar-refractivity contribution in [2.75, 3.05) is 33.2 Å². The molecule has 1 spiro atoms. The molecule has 13 nitrogen and oxygen atoms in total. The number of hydrogen-bond acceptors (Lipinski definition) is 13. The summed E-state index contributed by atoms with van der Waals surface area (Å²) in [5.74, 6) is 6.90. The Labute approximate surface area is 556 Å². The third-order valence-corrected chi connectivity index (χ3v) is 24.7. The number of ether oxygens (including phenoxy) is 2. The number of esters is 2. The van der Waals surface area contributed by atoms with Gasteiger partial charge >= 0.3 is 11.9 Å². The average Bonchev–Trinajstić information content (AvgIpc) is 1.40. The van der Waals surface area contributed by atoms with Gasteiger partial charge in [-0.25, -0.2) is 9.59 Å². The first-order chi connectivity index (χ1) is 45.6. The Kier molecular flexibility index (Phi) is 18.5. The molecule has 2 saturated heterocycles. The molecule has 4 aromatic carbocycles. The first-order valence-corrected chi connectivity index (χ1v) is 36.0. The van der Waals surface area contributed by atoms with Crippen molar-refractivity contribution in [1.82, 2.24) is 26.6 Å². The van der Waals surface area contributed by atoms with E-state index in [4.69, 9.17) is 9.47 Å². The lowest BCUT2D eigenvalue weighted by atomic mass is 9.44. The van der Waals surface area contributed by atoms with Crippen molar-refractivity contribution in [3.8, 4) is 28.7 Å². The fourth-order valence-electron chi connectivity index (χ4n) is 20.1. The van der Waals surface area contributed by atoms with E-state index in [2.05, 4.69) is 131 Å². The molecule has 0 amide bonds. The Morgan fingerprint density at radius 3 is 2.47 bits per heavy atom. The van der Waals surface area contributed by atoms with Crippen LogP contribution in [0.5, 0.6) is 5.75 Å². The van der Waals surface area contributed by atoms with Gasteiger partial charge in [0.25, 0.3) is 0 Å². The van der Waals surface area contributed by atoms with Gasteiger partial charge in [0.1, 0.15) is 23.6 Å². The minimum absolute atomic E-state index is 0.0151. The lowest BCUT2D eigenvalue weighted by Crippen LogP contribution is -2.52. The van der Waals surface area contributed by atoms with Crippen LogP contribution in [-0.4, -0.2) is 84.1 Å². The molecule has 6 aliphatic carbocycles. The van der Waals surface area contributed by atoms with E-state index in [1.807, 2.05) is 32.2 Å². The van der Waals surface area contributed by atoms with Crippen LogP contribution in [0.4, 0.5) is 0 Å². The molecule has 496 valence electrons. The summed E-state index contributed by atoms with van der Waals surface area (Å²) in [4.78, 5) is 43.7. The summed E-state index contributed by atoms with van der Waals surface area (Å²) in [6.45, 7) is 10.2. The molecule has 6 aliphatic heterocycles. The topological polar surface area (TPSA) is 191 Å². The van der Waals surface area contributed by atoms with Gasteiger partial charge < -0.3 is 56.2 Å². The second-order valence-electron chi connectivity index (χ2n) is 30.3. The summed E-state index contributed by atoms with van der Waals surface area (Å²) < 4.78 is 13.7. The Bertz CT molecular complexity index is 3740. The maximum atomic E-state index is 15.6. The van der Waals surface area contributed by atoms with Crippen LogP contribution in [0, 0.1) is 75.9 Å². The smallest absolute Gasteiger partial charge is 0.340 e. The molecular formula is C81H99N5O8.